The molecule has 8 heteroatoms. The van der Waals surface area contributed by atoms with E-state index in [4.69, 9.17) is 4.74 Å². The number of ether oxygens (including phenoxy) is 1. The SMILES string of the molecule is COc1ccc2c(C(=O)c3ccccc3)nn(CC(=O)N(C)C(C)c3nccs3)c2c1. The molecule has 1 amide bonds. The van der Waals surface area contributed by atoms with Crippen LogP contribution in [0.3, 0.4) is 0 Å². The van der Waals surface area contributed by atoms with Crippen molar-refractivity contribution in [3.8, 4) is 5.75 Å². The predicted octanol–water partition coefficient (Wildman–Crippen LogP) is 3.95. The fourth-order valence-electron chi connectivity index (χ4n) is 3.36. The van der Waals surface area contributed by atoms with Gasteiger partial charge in [0.2, 0.25) is 11.7 Å². The Bertz CT molecular complexity index is 1220. The minimum absolute atomic E-state index is 0.00203. The molecule has 0 saturated carbocycles. The minimum Gasteiger partial charge on any atom is -0.497 e. The molecule has 1 unspecified atom stereocenters. The number of aromatic nitrogens is 3. The molecule has 2 aromatic carbocycles. The summed E-state index contributed by atoms with van der Waals surface area (Å²) in [6.07, 6.45) is 1.73. The van der Waals surface area contributed by atoms with Crippen LogP contribution in [0.5, 0.6) is 5.75 Å². The molecule has 2 aromatic heterocycles. The van der Waals surface area contributed by atoms with Crippen LogP contribution in [0.2, 0.25) is 0 Å². The van der Waals surface area contributed by atoms with Crippen molar-refractivity contribution in [1.29, 1.82) is 0 Å². The molecule has 0 spiro atoms. The maximum Gasteiger partial charge on any atom is 0.244 e. The van der Waals surface area contributed by atoms with Crippen LogP contribution in [0.1, 0.15) is 34.0 Å². The van der Waals surface area contributed by atoms with Gasteiger partial charge in [0.25, 0.3) is 0 Å². The Morgan fingerprint density at radius 1 is 1.19 bits per heavy atom. The van der Waals surface area contributed by atoms with Crippen LogP contribution < -0.4 is 4.74 Å². The van der Waals surface area contributed by atoms with E-state index < -0.39 is 0 Å². The van der Waals surface area contributed by atoms with Crippen molar-refractivity contribution < 1.29 is 14.3 Å². The van der Waals surface area contributed by atoms with Crippen LogP contribution in [-0.2, 0) is 11.3 Å². The third kappa shape index (κ3) is 4.06. The number of hydrogen-bond donors (Lipinski definition) is 0. The van der Waals surface area contributed by atoms with Crippen LogP contribution in [-0.4, -0.2) is 45.5 Å². The summed E-state index contributed by atoms with van der Waals surface area (Å²) in [6.45, 7) is 1.93. The Kier molecular flexibility index (Phi) is 5.81. The summed E-state index contributed by atoms with van der Waals surface area (Å²) in [5.41, 5.74) is 1.53. The smallest absolute Gasteiger partial charge is 0.244 e. The number of rotatable bonds is 7. The summed E-state index contributed by atoms with van der Waals surface area (Å²) in [5.74, 6) is 0.310. The summed E-state index contributed by atoms with van der Waals surface area (Å²) >= 11 is 1.51. The van der Waals surface area contributed by atoms with E-state index in [1.807, 2.05) is 30.5 Å². The molecule has 2 heterocycles. The van der Waals surface area contributed by atoms with Crippen molar-refractivity contribution in [3.63, 3.8) is 0 Å². The lowest BCUT2D eigenvalue weighted by molar-refractivity contribution is -0.132. The van der Waals surface area contributed by atoms with Gasteiger partial charge in [-0.25, -0.2) is 4.98 Å². The molecule has 0 fully saturated rings. The lowest BCUT2D eigenvalue weighted by atomic mass is 10.1. The van der Waals surface area contributed by atoms with Gasteiger partial charge in [-0.2, -0.15) is 5.10 Å². The number of thiazole rings is 1. The zero-order chi connectivity index (χ0) is 22.0. The molecule has 0 aliphatic carbocycles. The van der Waals surface area contributed by atoms with Gasteiger partial charge < -0.3 is 9.64 Å². The van der Waals surface area contributed by atoms with E-state index in [2.05, 4.69) is 10.1 Å². The number of hydrogen-bond acceptors (Lipinski definition) is 6. The molecule has 7 nitrogen and oxygen atoms in total. The quantitative estimate of drug-likeness (QED) is 0.412. The number of nitrogens with zero attached hydrogens (tertiary/aromatic N) is 4. The zero-order valence-corrected chi connectivity index (χ0v) is 18.3. The van der Waals surface area contributed by atoms with Crippen molar-refractivity contribution >= 4 is 33.9 Å². The average molecular weight is 435 g/mol. The molecule has 31 heavy (non-hydrogen) atoms. The fraction of sp³-hybridized carbons (Fsp3) is 0.217. The van der Waals surface area contributed by atoms with Gasteiger partial charge in [0.15, 0.2) is 0 Å². The molecule has 0 saturated heterocycles. The summed E-state index contributed by atoms with van der Waals surface area (Å²) in [7, 11) is 3.32. The van der Waals surface area contributed by atoms with Crippen molar-refractivity contribution in [3.05, 3.63) is 76.4 Å². The Hall–Kier alpha value is -3.52. The van der Waals surface area contributed by atoms with Crippen molar-refractivity contribution in [1.82, 2.24) is 19.7 Å². The molecule has 4 rings (SSSR count). The van der Waals surface area contributed by atoms with Crippen LogP contribution in [0.25, 0.3) is 10.9 Å². The van der Waals surface area contributed by atoms with Gasteiger partial charge in [-0.1, -0.05) is 30.3 Å². The van der Waals surface area contributed by atoms with Gasteiger partial charge in [-0.05, 0) is 19.1 Å². The Labute approximate surface area is 183 Å². The highest BCUT2D eigenvalue weighted by Gasteiger charge is 2.23. The van der Waals surface area contributed by atoms with E-state index in [1.165, 1.54) is 11.3 Å². The number of likely N-dealkylation sites (N-methyl/N-ethyl adjacent to an activating group) is 1. The van der Waals surface area contributed by atoms with E-state index in [-0.39, 0.29) is 24.3 Å². The van der Waals surface area contributed by atoms with E-state index in [1.54, 1.807) is 60.3 Å². The lowest BCUT2D eigenvalue weighted by Gasteiger charge is -2.23. The number of ketones is 1. The van der Waals surface area contributed by atoms with Crippen LogP contribution >= 0.6 is 11.3 Å². The van der Waals surface area contributed by atoms with Crippen LogP contribution in [0.4, 0.5) is 0 Å². The summed E-state index contributed by atoms with van der Waals surface area (Å²) < 4.78 is 6.91. The van der Waals surface area contributed by atoms with Gasteiger partial charge in [0.1, 0.15) is 23.0 Å². The first kappa shape index (κ1) is 20.7. The topological polar surface area (TPSA) is 77.3 Å². The Morgan fingerprint density at radius 2 is 1.97 bits per heavy atom. The number of fused-ring (bicyclic) bond motifs is 1. The first-order chi connectivity index (χ1) is 15.0. The second-order valence-corrected chi connectivity index (χ2v) is 8.06. The number of carbonyl (C=O) groups excluding carboxylic acids is 2. The summed E-state index contributed by atoms with van der Waals surface area (Å²) in [6, 6.07) is 14.2. The van der Waals surface area contributed by atoms with Gasteiger partial charge in [0, 0.05) is 35.6 Å². The monoisotopic (exact) mass is 434 g/mol. The van der Waals surface area contributed by atoms with E-state index >= 15 is 0 Å². The van der Waals surface area contributed by atoms with Crippen LogP contribution in [0.15, 0.2) is 60.1 Å². The van der Waals surface area contributed by atoms with Gasteiger partial charge in [-0.3, -0.25) is 14.3 Å². The molecular weight excluding hydrogens is 412 g/mol. The van der Waals surface area contributed by atoms with Crippen molar-refractivity contribution in [2.45, 2.75) is 19.5 Å². The van der Waals surface area contributed by atoms with Gasteiger partial charge in [-0.15, -0.1) is 11.3 Å². The van der Waals surface area contributed by atoms with E-state index in [9.17, 15) is 9.59 Å². The molecule has 0 radical (unpaired) electrons. The van der Waals surface area contributed by atoms with Gasteiger partial charge >= 0.3 is 0 Å². The van der Waals surface area contributed by atoms with E-state index in [0.717, 1.165) is 5.01 Å². The maximum atomic E-state index is 13.1. The standard InChI is InChI=1S/C23H22N4O3S/c1-15(23-24-11-12-31-23)26(2)20(28)14-27-19-13-17(30-3)9-10-18(19)21(25-27)22(29)16-7-5-4-6-8-16/h4-13,15H,14H2,1-3H3. The predicted molar refractivity (Wildman–Crippen MR) is 119 cm³/mol. The Morgan fingerprint density at radius 3 is 2.65 bits per heavy atom. The Balaban J connectivity index is 1.70. The van der Waals surface area contributed by atoms with Crippen molar-refractivity contribution in [2.75, 3.05) is 14.2 Å². The lowest BCUT2D eigenvalue weighted by Crippen LogP contribution is -2.32. The second-order valence-electron chi connectivity index (χ2n) is 7.14. The molecule has 0 bridgehead atoms. The number of methoxy groups -OCH3 is 1. The highest BCUT2D eigenvalue weighted by atomic mass is 32.1. The third-order valence-corrected chi connectivity index (χ3v) is 6.22. The first-order valence-electron chi connectivity index (χ1n) is 9.79. The molecule has 0 N–H and O–H groups in total. The first-order valence-corrected chi connectivity index (χ1v) is 10.7. The summed E-state index contributed by atoms with van der Waals surface area (Å²) in [4.78, 5) is 32.1. The van der Waals surface area contributed by atoms with Crippen LogP contribution in [0, 0.1) is 0 Å². The maximum absolute atomic E-state index is 13.1. The second kappa shape index (κ2) is 8.69. The molecular formula is C23H22N4O3S. The van der Waals surface area contributed by atoms with Gasteiger partial charge in [0.05, 0.1) is 18.7 Å². The van der Waals surface area contributed by atoms with E-state index in [0.29, 0.717) is 27.9 Å². The normalized spacial score (nSPS) is 12.0. The molecule has 0 aliphatic heterocycles. The number of amides is 1. The van der Waals surface area contributed by atoms with Crippen molar-refractivity contribution in [2.24, 2.45) is 0 Å². The zero-order valence-electron chi connectivity index (χ0n) is 17.5. The molecule has 1 atom stereocenters. The molecule has 4 aromatic rings. The minimum atomic E-state index is -0.188. The molecule has 0 aliphatic rings. The highest BCUT2D eigenvalue weighted by Crippen LogP contribution is 2.26. The fourth-order valence-corrected chi connectivity index (χ4v) is 4.10. The number of carbonyl (C=O) groups is 2. The average Bonchev–Trinajstić information content (AvgIpc) is 3.46. The third-order valence-electron chi connectivity index (χ3n) is 5.28. The summed E-state index contributed by atoms with van der Waals surface area (Å²) in [5, 5.41) is 7.97. The largest absolute Gasteiger partial charge is 0.497 e. The molecule has 158 valence electrons. The highest BCUT2D eigenvalue weighted by molar-refractivity contribution is 7.09. The number of benzene rings is 2.